The zero-order valence-corrected chi connectivity index (χ0v) is 11.6. The van der Waals surface area contributed by atoms with Gasteiger partial charge in [-0.3, -0.25) is 0 Å². The number of anilines is 2. The van der Waals surface area contributed by atoms with Crippen molar-refractivity contribution >= 4 is 22.6 Å². The summed E-state index contributed by atoms with van der Waals surface area (Å²) in [5.41, 5.74) is 2.45. The number of aromatic nitrogens is 3. The molecule has 0 saturated heterocycles. The lowest BCUT2D eigenvalue weighted by atomic mass is 10.2. The summed E-state index contributed by atoms with van der Waals surface area (Å²) in [6.45, 7) is 0. The first-order valence-corrected chi connectivity index (χ1v) is 6.90. The molecule has 0 saturated carbocycles. The van der Waals surface area contributed by atoms with Gasteiger partial charge in [0.1, 0.15) is 5.69 Å². The number of benzene rings is 2. The van der Waals surface area contributed by atoms with E-state index in [9.17, 15) is 0 Å². The number of nitrogens with one attached hydrogen (secondary N) is 1. The van der Waals surface area contributed by atoms with Crippen LogP contribution < -0.4 is 5.32 Å². The molecule has 22 heavy (non-hydrogen) atoms. The van der Waals surface area contributed by atoms with Crippen molar-refractivity contribution in [3.8, 4) is 11.6 Å². The maximum Gasteiger partial charge on any atom is 0.320 e. The summed E-state index contributed by atoms with van der Waals surface area (Å²) >= 11 is 0. The predicted molar refractivity (Wildman–Crippen MR) is 84.8 cm³/mol. The van der Waals surface area contributed by atoms with E-state index in [2.05, 4.69) is 20.5 Å². The molecular formula is C17H12N4O. The Balaban J connectivity index is 1.65. The third-order valence-electron chi connectivity index (χ3n) is 3.27. The summed E-state index contributed by atoms with van der Waals surface area (Å²) in [5, 5.41) is 12.2. The fourth-order valence-corrected chi connectivity index (χ4v) is 2.21. The topological polar surface area (TPSA) is 63.8 Å². The van der Waals surface area contributed by atoms with Gasteiger partial charge in [0, 0.05) is 11.1 Å². The molecule has 2 aromatic carbocycles. The largest absolute Gasteiger partial charge is 0.401 e. The standard InChI is InChI=1S/C17H12N4O/c1-2-7-13(8-3-1)18-17-21-20-16(22-17)15-11-10-12-6-4-5-9-14(12)19-15/h1-11H,(H,18,21). The van der Waals surface area contributed by atoms with E-state index >= 15 is 0 Å². The minimum absolute atomic E-state index is 0.344. The van der Waals surface area contributed by atoms with Crippen LogP contribution in [-0.2, 0) is 0 Å². The average molecular weight is 288 g/mol. The van der Waals surface area contributed by atoms with Crippen LogP contribution in [0.1, 0.15) is 0 Å². The van der Waals surface area contributed by atoms with Crippen LogP contribution in [0.5, 0.6) is 0 Å². The van der Waals surface area contributed by atoms with Gasteiger partial charge in [-0.1, -0.05) is 47.6 Å². The number of hydrogen-bond donors (Lipinski definition) is 1. The van der Waals surface area contributed by atoms with Crippen molar-refractivity contribution in [2.45, 2.75) is 0 Å². The number of hydrogen-bond acceptors (Lipinski definition) is 5. The van der Waals surface area contributed by atoms with Crippen molar-refractivity contribution in [2.24, 2.45) is 0 Å². The van der Waals surface area contributed by atoms with E-state index < -0.39 is 0 Å². The van der Waals surface area contributed by atoms with Gasteiger partial charge in [0.25, 0.3) is 5.89 Å². The lowest BCUT2D eigenvalue weighted by Gasteiger charge is -2.00. The summed E-state index contributed by atoms with van der Waals surface area (Å²) < 4.78 is 5.63. The van der Waals surface area contributed by atoms with E-state index in [4.69, 9.17) is 4.42 Å². The van der Waals surface area contributed by atoms with Gasteiger partial charge in [-0.2, -0.15) is 0 Å². The lowest BCUT2D eigenvalue weighted by molar-refractivity contribution is 0.585. The van der Waals surface area contributed by atoms with Crippen molar-refractivity contribution in [3.63, 3.8) is 0 Å². The fraction of sp³-hybridized carbons (Fsp3) is 0. The molecule has 0 radical (unpaired) electrons. The molecule has 4 rings (SSSR count). The minimum Gasteiger partial charge on any atom is -0.401 e. The molecule has 0 aliphatic rings. The van der Waals surface area contributed by atoms with Gasteiger partial charge in [-0.25, -0.2) is 4.98 Å². The highest BCUT2D eigenvalue weighted by Gasteiger charge is 2.10. The first-order valence-electron chi connectivity index (χ1n) is 6.90. The van der Waals surface area contributed by atoms with Crippen LogP contribution in [-0.4, -0.2) is 15.2 Å². The van der Waals surface area contributed by atoms with Gasteiger partial charge >= 0.3 is 6.01 Å². The Morgan fingerprint density at radius 1 is 0.773 bits per heavy atom. The fourth-order valence-electron chi connectivity index (χ4n) is 2.21. The van der Waals surface area contributed by atoms with E-state index in [1.807, 2.05) is 66.7 Å². The maximum absolute atomic E-state index is 5.63. The van der Waals surface area contributed by atoms with Gasteiger partial charge < -0.3 is 9.73 Å². The highest BCUT2D eigenvalue weighted by atomic mass is 16.4. The van der Waals surface area contributed by atoms with Crippen molar-refractivity contribution < 1.29 is 4.42 Å². The van der Waals surface area contributed by atoms with Crippen LogP contribution in [0.25, 0.3) is 22.5 Å². The second-order valence-corrected chi connectivity index (χ2v) is 4.79. The molecule has 5 heteroatoms. The molecule has 0 atom stereocenters. The second kappa shape index (κ2) is 5.29. The Morgan fingerprint density at radius 2 is 1.59 bits per heavy atom. The maximum atomic E-state index is 5.63. The van der Waals surface area contributed by atoms with Crippen molar-refractivity contribution in [1.29, 1.82) is 0 Å². The third-order valence-corrected chi connectivity index (χ3v) is 3.27. The Labute approximate surface area is 126 Å². The van der Waals surface area contributed by atoms with Gasteiger partial charge in [0.05, 0.1) is 5.52 Å². The molecule has 106 valence electrons. The second-order valence-electron chi connectivity index (χ2n) is 4.79. The normalized spacial score (nSPS) is 10.7. The summed E-state index contributed by atoms with van der Waals surface area (Å²) in [6.07, 6.45) is 0. The SMILES string of the molecule is c1ccc(Nc2nnc(-c3ccc4ccccc4n3)o2)cc1. The number of pyridine rings is 1. The van der Waals surface area contributed by atoms with Crippen molar-refractivity contribution in [1.82, 2.24) is 15.2 Å². The Morgan fingerprint density at radius 3 is 2.50 bits per heavy atom. The van der Waals surface area contributed by atoms with Crippen LogP contribution in [0.4, 0.5) is 11.7 Å². The molecule has 0 amide bonds. The zero-order valence-electron chi connectivity index (χ0n) is 11.6. The highest BCUT2D eigenvalue weighted by molar-refractivity contribution is 5.80. The number of rotatable bonds is 3. The van der Waals surface area contributed by atoms with E-state index in [1.165, 1.54) is 0 Å². The number of fused-ring (bicyclic) bond motifs is 1. The molecule has 0 fully saturated rings. The summed E-state index contributed by atoms with van der Waals surface area (Å²) in [7, 11) is 0. The smallest absolute Gasteiger partial charge is 0.320 e. The van der Waals surface area contributed by atoms with Crippen molar-refractivity contribution in [3.05, 3.63) is 66.7 Å². The lowest BCUT2D eigenvalue weighted by Crippen LogP contribution is -1.88. The Kier molecular flexibility index (Phi) is 3.01. The molecule has 0 bridgehead atoms. The van der Waals surface area contributed by atoms with Crippen LogP contribution in [0.2, 0.25) is 0 Å². The van der Waals surface area contributed by atoms with E-state index in [1.54, 1.807) is 0 Å². The van der Waals surface area contributed by atoms with Crippen LogP contribution in [0, 0.1) is 0 Å². The first kappa shape index (κ1) is 12.5. The summed E-state index contributed by atoms with van der Waals surface area (Å²) in [4.78, 5) is 4.54. The van der Waals surface area contributed by atoms with Crippen LogP contribution >= 0.6 is 0 Å². The molecule has 0 spiro atoms. The number of nitrogens with zero attached hydrogens (tertiary/aromatic N) is 3. The minimum atomic E-state index is 0.344. The monoisotopic (exact) mass is 288 g/mol. The van der Waals surface area contributed by atoms with Crippen molar-refractivity contribution in [2.75, 3.05) is 5.32 Å². The molecule has 2 aromatic heterocycles. The zero-order chi connectivity index (χ0) is 14.8. The molecule has 5 nitrogen and oxygen atoms in total. The molecule has 0 aliphatic carbocycles. The van der Waals surface area contributed by atoms with Crippen LogP contribution in [0.15, 0.2) is 71.1 Å². The van der Waals surface area contributed by atoms with Gasteiger partial charge in [0.2, 0.25) is 0 Å². The molecule has 0 aliphatic heterocycles. The Hall–Kier alpha value is -3.21. The van der Waals surface area contributed by atoms with E-state index in [-0.39, 0.29) is 0 Å². The quantitative estimate of drug-likeness (QED) is 0.616. The molecule has 2 heterocycles. The molecule has 1 N–H and O–H groups in total. The molecular weight excluding hydrogens is 276 g/mol. The Bertz CT molecular complexity index is 918. The van der Waals surface area contributed by atoms with Gasteiger partial charge in [-0.15, -0.1) is 5.10 Å². The molecule has 0 unspecified atom stereocenters. The van der Waals surface area contributed by atoms with E-state index in [0.29, 0.717) is 17.6 Å². The van der Waals surface area contributed by atoms with E-state index in [0.717, 1.165) is 16.6 Å². The summed E-state index contributed by atoms with van der Waals surface area (Å²) in [6, 6.07) is 21.8. The number of para-hydroxylation sites is 2. The highest BCUT2D eigenvalue weighted by Crippen LogP contribution is 2.22. The summed E-state index contributed by atoms with van der Waals surface area (Å²) in [5.74, 6) is 0.393. The first-order chi connectivity index (χ1) is 10.9. The third kappa shape index (κ3) is 2.40. The average Bonchev–Trinajstić information content (AvgIpc) is 3.04. The van der Waals surface area contributed by atoms with Gasteiger partial charge in [-0.05, 0) is 24.3 Å². The molecule has 4 aromatic rings. The predicted octanol–water partition coefficient (Wildman–Crippen LogP) is 4.03. The van der Waals surface area contributed by atoms with Gasteiger partial charge in [0.15, 0.2) is 0 Å². The van der Waals surface area contributed by atoms with Crippen LogP contribution in [0.3, 0.4) is 0 Å².